The zero-order valence-electron chi connectivity index (χ0n) is 14.6. The lowest BCUT2D eigenvalue weighted by Gasteiger charge is -2.17. The van der Waals surface area contributed by atoms with E-state index in [-0.39, 0.29) is 23.0 Å². The lowest BCUT2D eigenvalue weighted by atomic mass is 10.2. The van der Waals surface area contributed by atoms with Crippen LogP contribution in [0.4, 0.5) is 11.9 Å². The molecule has 3 aromatic rings. The summed E-state index contributed by atoms with van der Waals surface area (Å²) in [5.74, 6) is 0.279. The van der Waals surface area contributed by atoms with Crippen LogP contribution in [0.3, 0.4) is 0 Å². The molecule has 0 bridgehead atoms. The molecule has 0 aliphatic rings. The third-order valence-electron chi connectivity index (χ3n) is 4.15. The third-order valence-corrected chi connectivity index (χ3v) is 4.15. The van der Waals surface area contributed by atoms with E-state index in [0.29, 0.717) is 12.8 Å². The first kappa shape index (κ1) is 17.4. The van der Waals surface area contributed by atoms with Gasteiger partial charge < -0.3 is 11.5 Å². The van der Waals surface area contributed by atoms with E-state index in [1.165, 1.54) is 12.1 Å². The Bertz CT molecular complexity index is 980. The average molecular weight is 352 g/mol. The van der Waals surface area contributed by atoms with E-state index in [4.69, 9.17) is 11.5 Å². The van der Waals surface area contributed by atoms with Crippen LogP contribution in [0.15, 0.2) is 46.0 Å². The van der Waals surface area contributed by atoms with Crippen LogP contribution in [0.25, 0.3) is 11.4 Å². The highest BCUT2D eigenvalue weighted by Gasteiger charge is 2.11. The lowest BCUT2D eigenvalue weighted by molar-refractivity contribution is 0.866. The van der Waals surface area contributed by atoms with E-state index in [0.717, 1.165) is 22.8 Å². The third kappa shape index (κ3) is 3.08. The normalized spacial score (nSPS) is 10.8. The van der Waals surface area contributed by atoms with Crippen LogP contribution in [0.5, 0.6) is 0 Å². The Morgan fingerprint density at radius 2 is 1.12 bits per heavy atom. The van der Waals surface area contributed by atoms with Crippen LogP contribution in [-0.4, -0.2) is 19.1 Å². The smallest absolute Gasteiger partial charge is 0.274 e. The summed E-state index contributed by atoms with van der Waals surface area (Å²) in [6.07, 6.45) is 1.28. The van der Waals surface area contributed by atoms with Gasteiger partial charge in [0.25, 0.3) is 11.1 Å². The molecule has 0 unspecified atom stereocenters. The van der Waals surface area contributed by atoms with Crippen LogP contribution in [0, 0.1) is 0 Å². The Labute approximate surface area is 149 Å². The number of aryl methyl sites for hydroxylation is 2. The first-order valence-corrected chi connectivity index (χ1v) is 8.32. The van der Waals surface area contributed by atoms with Crippen molar-refractivity contribution in [3.05, 3.63) is 68.5 Å². The predicted molar refractivity (Wildman–Crippen MR) is 101 cm³/mol. The van der Waals surface area contributed by atoms with Crippen LogP contribution in [0.1, 0.15) is 25.2 Å². The highest BCUT2D eigenvalue weighted by atomic mass is 16.1. The van der Waals surface area contributed by atoms with Crippen LogP contribution >= 0.6 is 0 Å². The molecule has 2 heterocycles. The zero-order chi connectivity index (χ0) is 18.8. The minimum Gasteiger partial charge on any atom is -0.369 e. The summed E-state index contributed by atoms with van der Waals surface area (Å²) in [6, 6.07) is 10.4. The van der Waals surface area contributed by atoms with Gasteiger partial charge in [0.1, 0.15) is 0 Å². The highest BCUT2D eigenvalue weighted by molar-refractivity contribution is 5.49. The van der Waals surface area contributed by atoms with Crippen LogP contribution < -0.4 is 22.6 Å². The Morgan fingerprint density at radius 1 is 0.769 bits per heavy atom. The molecule has 4 N–H and O–H groups in total. The average Bonchev–Trinajstić information content (AvgIpc) is 2.60. The fourth-order valence-electron chi connectivity index (χ4n) is 2.97. The number of benzene rings is 1. The summed E-state index contributed by atoms with van der Waals surface area (Å²) in [7, 11) is 0. The van der Waals surface area contributed by atoms with Crippen LogP contribution in [-0.2, 0) is 12.8 Å². The number of aromatic nitrogens is 4. The molecule has 134 valence electrons. The number of hydrogen-bond acceptors (Lipinski definition) is 6. The van der Waals surface area contributed by atoms with Crippen molar-refractivity contribution in [1.82, 2.24) is 19.1 Å². The van der Waals surface area contributed by atoms with Crippen molar-refractivity contribution >= 4 is 11.9 Å². The first-order chi connectivity index (χ1) is 12.4. The van der Waals surface area contributed by atoms with E-state index in [1.807, 2.05) is 38.1 Å². The second-order valence-corrected chi connectivity index (χ2v) is 5.78. The van der Waals surface area contributed by atoms with E-state index < -0.39 is 0 Å². The standard InChI is InChI=1S/C18H20N6O2/c1-3-11-9-15(25)21-17(19)23(11)13-5-7-14(8-6-13)24-12(4-2)10-16(26)22-18(24)20/h5-10H,3-4H2,1-2H3,(H2,19,21,25)(H2,20,22,26). The summed E-state index contributed by atoms with van der Waals surface area (Å²) in [6.45, 7) is 3.89. The van der Waals surface area contributed by atoms with Gasteiger partial charge in [-0.2, -0.15) is 9.97 Å². The number of anilines is 2. The molecule has 0 aliphatic heterocycles. The van der Waals surface area contributed by atoms with Gasteiger partial charge >= 0.3 is 0 Å². The van der Waals surface area contributed by atoms with Crippen LogP contribution in [0.2, 0.25) is 0 Å². The number of nitrogens with zero attached hydrogens (tertiary/aromatic N) is 4. The fraction of sp³-hybridized carbons (Fsp3) is 0.222. The molecule has 0 amide bonds. The Hall–Kier alpha value is -3.42. The van der Waals surface area contributed by atoms with E-state index >= 15 is 0 Å². The second-order valence-electron chi connectivity index (χ2n) is 5.78. The molecule has 8 nitrogen and oxygen atoms in total. The highest BCUT2D eigenvalue weighted by Crippen LogP contribution is 2.20. The zero-order valence-corrected chi connectivity index (χ0v) is 14.6. The predicted octanol–water partition coefficient (Wildman–Crippen LogP) is 1.07. The van der Waals surface area contributed by atoms with Gasteiger partial charge in [0.2, 0.25) is 11.9 Å². The first-order valence-electron chi connectivity index (χ1n) is 8.32. The van der Waals surface area contributed by atoms with Gasteiger partial charge in [0.15, 0.2) is 0 Å². The molecule has 0 aliphatic carbocycles. The Morgan fingerprint density at radius 3 is 1.42 bits per heavy atom. The molecular weight excluding hydrogens is 332 g/mol. The molecule has 1 aromatic carbocycles. The van der Waals surface area contributed by atoms with Gasteiger partial charge in [0.05, 0.1) is 0 Å². The summed E-state index contributed by atoms with van der Waals surface area (Å²) in [5.41, 5.74) is 14.3. The molecule has 0 saturated heterocycles. The molecule has 2 aromatic heterocycles. The minimum absolute atomic E-state index is 0.140. The summed E-state index contributed by atoms with van der Waals surface area (Å²) in [4.78, 5) is 30.8. The topological polar surface area (TPSA) is 122 Å². The molecule has 0 radical (unpaired) electrons. The van der Waals surface area contributed by atoms with Crippen molar-refractivity contribution in [3.63, 3.8) is 0 Å². The van der Waals surface area contributed by atoms with Gasteiger partial charge in [-0.3, -0.25) is 18.7 Å². The van der Waals surface area contributed by atoms with E-state index in [1.54, 1.807) is 9.13 Å². The fourth-order valence-corrected chi connectivity index (χ4v) is 2.97. The van der Waals surface area contributed by atoms with Crippen molar-refractivity contribution in [2.75, 3.05) is 11.5 Å². The van der Waals surface area contributed by atoms with Gasteiger partial charge in [-0.25, -0.2) is 0 Å². The summed E-state index contributed by atoms with van der Waals surface area (Å²) >= 11 is 0. The molecule has 3 rings (SSSR count). The molecule has 0 fully saturated rings. The number of nitrogen functional groups attached to an aromatic ring is 2. The quantitative estimate of drug-likeness (QED) is 0.724. The van der Waals surface area contributed by atoms with Crippen molar-refractivity contribution in [1.29, 1.82) is 0 Å². The molecule has 0 saturated carbocycles. The molecule has 8 heteroatoms. The Kier molecular flexibility index (Phi) is 4.57. The van der Waals surface area contributed by atoms with E-state index in [9.17, 15) is 9.59 Å². The van der Waals surface area contributed by atoms with Gasteiger partial charge in [-0.05, 0) is 37.1 Å². The van der Waals surface area contributed by atoms with Gasteiger partial charge in [-0.1, -0.05) is 13.8 Å². The molecule has 0 atom stereocenters. The van der Waals surface area contributed by atoms with Gasteiger partial charge in [-0.15, -0.1) is 0 Å². The Balaban J connectivity index is 2.12. The number of nitrogens with two attached hydrogens (primary N) is 2. The molecular formula is C18H20N6O2. The molecule has 26 heavy (non-hydrogen) atoms. The monoisotopic (exact) mass is 352 g/mol. The SMILES string of the molecule is CCc1cc(=O)nc(N)n1-c1ccc(-n2c(CC)cc(=O)nc2N)cc1. The molecule has 0 spiro atoms. The van der Waals surface area contributed by atoms with Crippen molar-refractivity contribution in [3.8, 4) is 11.4 Å². The van der Waals surface area contributed by atoms with Gasteiger partial charge in [0, 0.05) is 34.9 Å². The lowest BCUT2D eigenvalue weighted by Crippen LogP contribution is -2.20. The van der Waals surface area contributed by atoms with E-state index in [2.05, 4.69) is 9.97 Å². The maximum absolute atomic E-state index is 11.6. The maximum Gasteiger partial charge on any atom is 0.274 e. The van der Waals surface area contributed by atoms with Crippen molar-refractivity contribution in [2.45, 2.75) is 26.7 Å². The van der Waals surface area contributed by atoms with Crippen molar-refractivity contribution < 1.29 is 0 Å². The summed E-state index contributed by atoms with van der Waals surface area (Å²) < 4.78 is 3.47. The summed E-state index contributed by atoms with van der Waals surface area (Å²) in [5, 5.41) is 0. The minimum atomic E-state index is -0.355. The van der Waals surface area contributed by atoms with Crippen molar-refractivity contribution in [2.24, 2.45) is 0 Å². The maximum atomic E-state index is 11.6. The number of hydrogen-bond donors (Lipinski definition) is 2. The second kappa shape index (κ2) is 6.83. The largest absolute Gasteiger partial charge is 0.369 e. The number of rotatable bonds is 4.